The molecule has 0 bridgehead atoms. The molecule has 136 valence electrons. The lowest BCUT2D eigenvalue weighted by Crippen LogP contribution is -2.35. The Hall–Kier alpha value is -2.25. The summed E-state index contributed by atoms with van der Waals surface area (Å²) in [5.74, 6) is 2.23. The monoisotopic (exact) mass is 370 g/mol. The molecule has 0 aliphatic carbocycles. The number of aliphatic hydroxyl groups is 1. The Labute approximate surface area is 156 Å². The number of rotatable bonds is 5. The summed E-state index contributed by atoms with van der Waals surface area (Å²) in [5, 5.41) is 9.99. The van der Waals surface area contributed by atoms with Gasteiger partial charge in [-0.3, -0.25) is 0 Å². The van der Waals surface area contributed by atoms with Crippen LogP contribution in [0.1, 0.15) is 19.3 Å². The van der Waals surface area contributed by atoms with Gasteiger partial charge in [-0.2, -0.15) is 0 Å². The van der Waals surface area contributed by atoms with Crippen molar-refractivity contribution in [1.82, 2.24) is 15.0 Å². The van der Waals surface area contributed by atoms with E-state index in [0.717, 1.165) is 64.8 Å². The first kappa shape index (κ1) is 17.2. The minimum absolute atomic E-state index is 0.282. The van der Waals surface area contributed by atoms with Crippen LogP contribution in [0.5, 0.6) is 5.75 Å². The number of nitrogens with zero attached hydrogens (tertiary/aromatic N) is 4. The van der Waals surface area contributed by atoms with Crippen LogP contribution in [0.4, 0.5) is 5.95 Å². The van der Waals surface area contributed by atoms with Crippen LogP contribution >= 0.6 is 11.3 Å². The lowest BCUT2D eigenvalue weighted by molar-refractivity contribution is 0.240. The lowest BCUT2D eigenvalue weighted by atomic mass is 9.94. The van der Waals surface area contributed by atoms with Gasteiger partial charge in [0.05, 0.1) is 17.3 Å². The highest BCUT2D eigenvalue weighted by molar-refractivity contribution is 7.21. The van der Waals surface area contributed by atoms with Crippen LogP contribution in [-0.4, -0.2) is 46.9 Å². The zero-order chi connectivity index (χ0) is 17.9. The Morgan fingerprint density at radius 2 is 2.00 bits per heavy atom. The number of piperidine rings is 1. The van der Waals surface area contributed by atoms with Gasteiger partial charge in [-0.25, -0.2) is 15.0 Å². The highest BCUT2D eigenvalue weighted by Crippen LogP contribution is 2.32. The Bertz CT molecular complexity index is 873. The summed E-state index contributed by atoms with van der Waals surface area (Å²) in [7, 11) is 1.67. The zero-order valence-corrected chi connectivity index (χ0v) is 15.6. The van der Waals surface area contributed by atoms with Crippen molar-refractivity contribution >= 4 is 27.5 Å². The number of hydrogen-bond acceptors (Lipinski definition) is 7. The summed E-state index contributed by atoms with van der Waals surface area (Å²) >= 11 is 1.62. The number of aromatic nitrogens is 3. The average Bonchev–Trinajstić information content (AvgIpc) is 3.12. The van der Waals surface area contributed by atoms with E-state index in [0.29, 0.717) is 5.92 Å². The fraction of sp³-hybridized carbons (Fsp3) is 0.421. The van der Waals surface area contributed by atoms with Gasteiger partial charge in [0.25, 0.3) is 0 Å². The number of thiazole rings is 1. The molecule has 1 aromatic carbocycles. The molecule has 0 saturated carbocycles. The van der Waals surface area contributed by atoms with Gasteiger partial charge in [0.2, 0.25) is 5.95 Å². The maximum Gasteiger partial charge on any atom is 0.225 e. The first-order valence-corrected chi connectivity index (χ1v) is 9.71. The number of ether oxygens (including phenoxy) is 1. The zero-order valence-electron chi connectivity index (χ0n) is 14.8. The van der Waals surface area contributed by atoms with Gasteiger partial charge in [0, 0.05) is 37.7 Å². The number of anilines is 1. The molecule has 1 N–H and O–H groups in total. The molecule has 7 heteroatoms. The van der Waals surface area contributed by atoms with Gasteiger partial charge in [0.15, 0.2) is 0 Å². The first-order valence-electron chi connectivity index (χ1n) is 8.89. The van der Waals surface area contributed by atoms with Crippen LogP contribution in [0.2, 0.25) is 0 Å². The smallest absolute Gasteiger partial charge is 0.225 e. The van der Waals surface area contributed by atoms with E-state index in [2.05, 4.69) is 19.9 Å². The maximum absolute atomic E-state index is 9.07. The molecule has 0 amide bonds. The molecule has 0 unspecified atom stereocenters. The maximum atomic E-state index is 9.07. The van der Waals surface area contributed by atoms with Crippen LogP contribution in [0.15, 0.2) is 30.6 Å². The second-order valence-electron chi connectivity index (χ2n) is 6.57. The third-order valence-electron chi connectivity index (χ3n) is 4.92. The summed E-state index contributed by atoms with van der Waals surface area (Å²) < 4.78 is 6.37. The highest BCUT2D eigenvalue weighted by atomic mass is 32.1. The van der Waals surface area contributed by atoms with Gasteiger partial charge in [-0.05, 0) is 43.4 Å². The Kier molecular flexibility index (Phi) is 4.99. The quantitative estimate of drug-likeness (QED) is 0.742. The molecule has 1 aliphatic heterocycles. The van der Waals surface area contributed by atoms with E-state index in [9.17, 15) is 0 Å². The van der Waals surface area contributed by atoms with Crippen LogP contribution in [0.3, 0.4) is 0 Å². The van der Waals surface area contributed by atoms with Crippen LogP contribution in [0.25, 0.3) is 20.8 Å². The van der Waals surface area contributed by atoms with Crippen molar-refractivity contribution in [3.63, 3.8) is 0 Å². The van der Waals surface area contributed by atoms with Gasteiger partial charge in [0.1, 0.15) is 10.8 Å². The number of hydrogen-bond donors (Lipinski definition) is 1. The topological polar surface area (TPSA) is 71.4 Å². The van der Waals surface area contributed by atoms with Gasteiger partial charge in [-0.15, -0.1) is 11.3 Å². The molecule has 2 aromatic heterocycles. The molecule has 26 heavy (non-hydrogen) atoms. The van der Waals surface area contributed by atoms with E-state index in [1.807, 2.05) is 30.6 Å². The second kappa shape index (κ2) is 7.55. The van der Waals surface area contributed by atoms with Gasteiger partial charge in [-0.1, -0.05) is 0 Å². The largest absolute Gasteiger partial charge is 0.497 e. The van der Waals surface area contributed by atoms with Crippen LogP contribution in [-0.2, 0) is 0 Å². The number of benzene rings is 1. The Morgan fingerprint density at radius 3 is 2.69 bits per heavy atom. The lowest BCUT2D eigenvalue weighted by Gasteiger charge is -2.31. The van der Waals surface area contributed by atoms with Crippen LogP contribution in [0, 0.1) is 5.92 Å². The molecule has 3 aromatic rings. The van der Waals surface area contributed by atoms with Crippen molar-refractivity contribution in [2.24, 2.45) is 5.92 Å². The number of aliphatic hydroxyl groups excluding tert-OH is 1. The summed E-state index contributed by atoms with van der Waals surface area (Å²) in [6.07, 6.45) is 6.79. The van der Waals surface area contributed by atoms with Crippen molar-refractivity contribution < 1.29 is 9.84 Å². The fourth-order valence-corrected chi connectivity index (χ4v) is 4.32. The summed E-state index contributed by atoms with van der Waals surface area (Å²) in [6, 6.07) is 5.90. The van der Waals surface area contributed by atoms with Crippen molar-refractivity contribution in [2.75, 3.05) is 31.7 Å². The fourth-order valence-electron chi connectivity index (χ4n) is 3.35. The van der Waals surface area contributed by atoms with Gasteiger partial charge >= 0.3 is 0 Å². The third-order valence-corrected chi connectivity index (χ3v) is 5.98. The standard InChI is InChI=1S/C19H22N4O2S/c1-25-15-2-3-16-17(10-15)26-18(22-16)14-11-20-19(21-12-14)23-7-4-13(5-8-23)6-9-24/h2-3,10-13,24H,4-9H2,1H3. The van der Waals surface area contributed by atoms with Crippen molar-refractivity contribution in [2.45, 2.75) is 19.3 Å². The van der Waals surface area contributed by atoms with Gasteiger partial charge < -0.3 is 14.7 Å². The first-order chi connectivity index (χ1) is 12.8. The number of fused-ring (bicyclic) bond motifs is 1. The van der Waals surface area contributed by atoms with E-state index in [4.69, 9.17) is 9.84 Å². The molecule has 6 nitrogen and oxygen atoms in total. The molecule has 3 heterocycles. The van der Waals surface area contributed by atoms with E-state index >= 15 is 0 Å². The molecule has 0 atom stereocenters. The predicted molar refractivity (Wildman–Crippen MR) is 104 cm³/mol. The summed E-state index contributed by atoms with van der Waals surface area (Å²) in [4.78, 5) is 16.0. The molecule has 1 saturated heterocycles. The van der Waals surface area contributed by atoms with Crippen molar-refractivity contribution in [1.29, 1.82) is 0 Å². The molecular formula is C19H22N4O2S. The molecule has 4 rings (SSSR count). The third kappa shape index (κ3) is 3.50. The van der Waals surface area contributed by atoms with E-state index in [-0.39, 0.29) is 6.61 Å². The SMILES string of the molecule is COc1ccc2nc(-c3cnc(N4CCC(CCO)CC4)nc3)sc2c1. The summed E-state index contributed by atoms with van der Waals surface area (Å²) in [6.45, 7) is 2.18. The van der Waals surface area contributed by atoms with Crippen molar-refractivity contribution in [3.8, 4) is 16.3 Å². The minimum Gasteiger partial charge on any atom is -0.497 e. The van der Waals surface area contributed by atoms with E-state index in [1.54, 1.807) is 18.4 Å². The number of methoxy groups -OCH3 is 1. The molecule has 0 radical (unpaired) electrons. The predicted octanol–water partition coefficient (Wildman–Crippen LogP) is 3.36. The minimum atomic E-state index is 0.282. The van der Waals surface area contributed by atoms with Crippen molar-refractivity contribution in [3.05, 3.63) is 30.6 Å². The van der Waals surface area contributed by atoms with Crippen LogP contribution < -0.4 is 9.64 Å². The molecule has 1 fully saturated rings. The van der Waals surface area contributed by atoms with E-state index in [1.165, 1.54) is 0 Å². The van der Waals surface area contributed by atoms with E-state index < -0.39 is 0 Å². The molecule has 0 spiro atoms. The Balaban J connectivity index is 1.49. The highest BCUT2D eigenvalue weighted by Gasteiger charge is 2.20. The normalized spacial score (nSPS) is 15.5. The Morgan fingerprint density at radius 1 is 1.23 bits per heavy atom. The molecule has 1 aliphatic rings. The average molecular weight is 370 g/mol. The molecular weight excluding hydrogens is 348 g/mol. The summed E-state index contributed by atoms with van der Waals surface area (Å²) in [5.41, 5.74) is 1.89. The second-order valence-corrected chi connectivity index (χ2v) is 7.60.